The highest BCUT2D eigenvalue weighted by Crippen LogP contribution is 2.43. The van der Waals surface area contributed by atoms with E-state index in [1.54, 1.807) is 18.2 Å². The quantitative estimate of drug-likeness (QED) is 0.108. The molecule has 2 amide bonds. The molecule has 3 unspecified atom stereocenters. The van der Waals surface area contributed by atoms with E-state index >= 15 is 0 Å². The van der Waals surface area contributed by atoms with E-state index in [2.05, 4.69) is 36.6 Å². The smallest absolute Gasteiger partial charge is 0.338 e. The van der Waals surface area contributed by atoms with Gasteiger partial charge in [-0.25, -0.2) is 4.79 Å². The molecule has 2 aliphatic heterocycles. The highest BCUT2D eigenvalue weighted by molar-refractivity contribution is 5.94. The number of aliphatic hydroxyl groups is 1. The fraction of sp³-hybridized carbons (Fsp3) is 0.658. The molecule has 10 heteroatoms. The van der Waals surface area contributed by atoms with Gasteiger partial charge in [-0.3, -0.25) is 9.59 Å². The summed E-state index contributed by atoms with van der Waals surface area (Å²) in [6, 6.07) is 7.40. The van der Waals surface area contributed by atoms with Crippen LogP contribution in [-0.4, -0.2) is 78.9 Å². The number of epoxide rings is 1. The average Bonchev–Trinajstić information content (AvgIpc) is 3.77. The number of aliphatic hydroxyl groups excluding tert-OH is 1. The van der Waals surface area contributed by atoms with E-state index in [4.69, 9.17) is 24.1 Å². The topological polar surface area (TPSA) is 136 Å². The summed E-state index contributed by atoms with van der Waals surface area (Å²) in [6.45, 7) is 4.48. The van der Waals surface area contributed by atoms with Crippen LogP contribution in [0.15, 0.2) is 42.0 Å². The van der Waals surface area contributed by atoms with Crippen molar-refractivity contribution in [3.05, 3.63) is 53.1 Å². The van der Waals surface area contributed by atoms with Gasteiger partial charge in [0.2, 0.25) is 11.8 Å². The first-order chi connectivity index (χ1) is 23.3. The maximum Gasteiger partial charge on any atom is 0.338 e. The number of allylic oxidation sites excluding steroid dienone is 1. The lowest BCUT2D eigenvalue weighted by Gasteiger charge is -2.31. The van der Waals surface area contributed by atoms with Gasteiger partial charge in [-0.05, 0) is 61.8 Å². The van der Waals surface area contributed by atoms with Crippen LogP contribution in [-0.2, 0) is 28.5 Å². The molecular formula is C38H54N2O8. The zero-order chi connectivity index (χ0) is 33.9. The summed E-state index contributed by atoms with van der Waals surface area (Å²) in [6.07, 6.45) is 16.5. The van der Waals surface area contributed by atoms with E-state index in [-0.39, 0.29) is 44.4 Å². The Morgan fingerprint density at radius 2 is 1.71 bits per heavy atom. The van der Waals surface area contributed by atoms with Crippen LogP contribution in [0.1, 0.15) is 113 Å². The van der Waals surface area contributed by atoms with E-state index in [1.807, 2.05) is 12.1 Å². The van der Waals surface area contributed by atoms with Gasteiger partial charge in [0.1, 0.15) is 18.3 Å². The first-order valence-electron chi connectivity index (χ1n) is 18.2. The van der Waals surface area contributed by atoms with Crippen LogP contribution in [0.3, 0.4) is 0 Å². The van der Waals surface area contributed by atoms with Crippen LogP contribution in [0.25, 0.3) is 6.08 Å². The van der Waals surface area contributed by atoms with Crippen molar-refractivity contribution < 1.29 is 38.4 Å². The fourth-order valence-electron chi connectivity index (χ4n) is 7.08. The Morgan fingerprint density at radius 1 is 0.958 bits per heavy atom. The van der Waals surface area contributed by atoms with Crippen LogP contribution in [0.4, 0.5) is 0 Å². The van der Waals surface area contributed by atoms with Gasteiger partial charge >= 0.3 is 5.97 Å². The summed E-state index contributed by atoms with van der Waals surface area (Å²) < 4.78 is 25.2. The molecule has 6 atom stereocenters. The van der Waals surface area contributed by atoms with Crippen LogP contribution >= 0.6 is 0 Å². The molecular weight excluding hydrogens is 612 g/mol. The fourth-order valence-corrected chi connectivity index (χ4v) is 7.08. The van der Waals surface area contributed by atoms with Crippen molar-refractivity contribution in [3.63, 3.8) is 0 Å². The van der Waals surface area contributed by atoms with E-state index in [0.29, 0.717) is 29.3 Å². The zero-order valence-corrected chi connectivity index (χ0v) is 28.6. The zero-order valence-electron chi connectivity index (χ0n) is 28.6. The number of fused-ring (bicyclic) bond motifs is 2. The van der Waals surface area contributed by atoms with Gasteiger partial charge in [-0.2, -0.15) is 0 Å². The first-order valence-corrected chi connectivity index (χ1v) is 18.2. The Labute approximate surface area is 285 Å². The molecule has 1 aromatic carbocycles. The number of rotatable bonds is 18. The summed E-state index contributed by atoms with van der Waals surface area (Å²) in [5, 5.41) is 14.3. The normalized spacial score (nSPS) is 27.1. The molecule has 4 aliphatic rings. The Bertz CT molecular complexity index is 1280. The van der Waals surface area contributed by atoms with Crippen molar-refractivity contribution in [2.45, 2.75) is 134 Å². The van der Waals surface area contributed by atoms with Crippen LogP contribution in [0.5, 0.6) is 0 Å². The second-order valence-corrected chi connectivity index (χ2v) is 13.7. The predicted octanol–water partition coefficient (Wildman–Crippen LogP) is 5.38. The predicted molar refractivity (Wildman–Crippen MR) is 182 cm³/mol. The molecule has 0 aromatic heterocycles. The van der Waals surface area contributed by atoms with Crippen molar-refractivity contribution in [3.8, 4) is 0 Å². The van der Waals surface area contributed by atoms with Gasteiger partial charge in [0, 0.05) is 44.3 Å². The van der Waals surface area contributed by atoms with Crippen LogP contribution < -0.4 is 10.6 Å². The maximum atomic E-state index is 13.5. The highest BCUT2D eigenvalue weighted by Gasteiger charge is 2.52. The number of carbonyl (C=O) groups excluding carboxylic acids is 3. The lowest BCUT2D eigenvalue weighted by Crippen LogP contribution is -2.44. The molecule has 2 heterocycles. The van der Waals surface area contributed by atoms with Gasteiger partial charge in [0.15, 0.2) is 5.79 Å². The molecule has 0 radical (unpaired) electrons. The third kappa shape index (κ3) is 10.00. The maximum absolute atomic E-state index is 13.5. The van der Waals surface area contributed by atoms with Crippen molar-refractivity contribution in [1.82, 2.24) is 10.6 Å². The number of carbonyl (C=O) groups is 3. The number of nitrogens with one attached hydrogen (secondary N) is 2. The largest absolute Gasteiger partial charge is 0.456 e. The molecule has 1 saturated carbocycles. The third-order valence-corrected chi connectivity index (χ3v) is 9.87. The molecule has 2 aliphatic carbocycles. The van der Waals surface area contributed by atoms with E-state index in [1.165, 1.54) is 0 Å². The SMILES string of the molecule is CCCCCC1(CCCCC)O[C@@H]2[C@@H](C=C(C(=O)NCCC(=O)NCCO)C[C@H]2OC(=O)c2ccc(C=CC3CCC4OC4C3)cc2)O1. The van der Waals surface area contributed by atoms with E-state index in [0.717, 1.165) is 76.2 Å². The summed E-state index contributed by atoms with van der Waals surface area (Å²) in [5.74, 6) is -1.34. The van der Waals surface area contributed by atoms with Gasteiger partial charge in [-0.15, -0.1) is 0 Å². The molecule has 5 rings (SSSR count). The molecule has 0 bridgehead atoms. The van der Waals surface area contributed by atoms with Crippen molar-refractivity contribution in [1.29, 1.82) is 0 Å². The minimum absolute atomic E-state index is 0.0856. The molecule has 10 nitrogen and oxygen atoms in total. The molecule has 0 spiro atoms. The van der Waals surface area contributed by atoms with E-state index in [9.17, 15) is 14.4 Å². The van der Waals surface area contributed by atoms with Crippen molar-refractivity contribution in [2.75, 3.05) is 19.7 Å². The number of esters is 1. The number of amides is 2. The molecule has 3 fully saturated rings. The van der Waals surface area contributed by atoms with Gasteiger partial charge in [0.25, 0.3) is 0 Å². The van der Waals surface area contributed by atoms with Gasteiger partial charge in [-0.1, -0.05) is 63.8 Å². The molecule has 48 heavy (non-hydrogen) atoms. The molecule has 264 valence electrons. The van der Waals surface area contributed by atoms with Crippen LogP contribution in [0.2, 0.25) is 0 Å². The number of hydrogen-bond donors (Lipinski definition) is 3. The highest BCUT2D eigenvalue weighted by atomic mass is 16.8. The Kier molecular flexibility index (Phi) is 13.3. The summed E-state index contributed by atoms with van der Waals surface area (Å²) in [5.41, 5.74) is 1.89. The lowest BCUT2D eigenvalue weighted by molar-refractivity contribution is -0.190. The second-order valence-electron chi connectivity index (χ2n) is 13.7. The molecule has 1 aromatic rings. The number of unbranched alkanes of at least 4 members (excludes halogenated alkanes) is 4. The summed E-state index contributed by atoms with van der Waals surface area (Å²) in [4.78, 5) is 38.8. The number of ether oxygens (including phenoxy) is 4. The Morgan fingerprint density at radius 3 is 2.40 bits per heavy atom. The third-order valence-electron chi connectivity index (χ3n) is 9.87. The summed E-state index contributed by atoms with van der Waals surface area (Å²) >= 11 is 0. The van der Waals surface area contributed by atoms with Crippen molar-refractivity contribution >= 4 is 23.9 Å². The van der Waals surface area contributed by atoms with Crippen molar-refractivity contribution in [2.24, 2.45) is 5.92 Å². The molecule has 2 saturated heterocycles. The lowest BCUT2D eigenvalue weighted by atomic mass is 9.89. The Balaban J connectivity index is 1.26. The number of hydrogen-bond acceptors (Lipinski definition) is 8. The second kappa shape index (κ2) is 17.6. The van der Waals surface area contributed by atoms with Crippen LogP contribution in [0, 0.1) is 5.92 Å². The molecule has 3 N–H and O–H groups in total. The minimum atomic E-state index is -0.795. The standard InChI is InChI=1S/C38H54N2O8/c1-3-5-7-18-38(19-8-6-4-2)47-33-25-29(36(43)40-20-17-34(42)39-21-22-41)24-32(35(33)48-38)46-37(44)28-14-11-26(12-15-28)9-10-27-13-16-30-31(23-27)45-30/h9-12,14-15,25,27,30-33,35,41H,3-8,13,16-24H2,1-2H3,(H,39,42)(H,40,43)/t27?,30?,31?,32-,33-,35+/m1/s1. The first kappa shape index (κ1) is 36.2. The van der Waals surface area contributed by atoms with Gasteiger partial charge in [0.05, 0.1) is 24.4 Å². The van der Waals surface area contributed by atoms with Gasteiger partial charge < -0.3 is 34.7 Å². The summed E-state index contributed by atoms with van der Waals surface area (Å²) in [7, 11) is 0. The number of benzene rings is 1. The Hall–Kier alpha value is -3.05. The van der Waals surface area contributed by atoms with E-state index < -0.39 is 30.1 Å². The monoisotopic (exact) mass is 666 g/mol. The minimum Gasteiger partial charge on any atom is -0.456 e. The average molecular weight is 667 g/mol.